The van der Waals surface area contributed by atoms with Gasteiger partial charge in [-0.05, 0) is 35.7 Å². The van der Waals surface area contributed by atoms with E-state index in [2.05, 4.69) is 15.7 Å². The predicted octanol–water partition coefficient (Wildman–Crippen LogP) is 2.79. The van der Waals surface area contributed by atoms with Crippen LogP contribution in [0.15, 0.2) is 46.6 Å². The van der Waals surface area contributed by atoms with Crippen molar-refractivity contribution < 1.29 is 4.79 Å². The summed E-state index contributed by atoms with van der Waals surface area (Å²) in [6.45, 7) is 0.562. The summed E-state index contributed by atoms with van der Waals surface area (Å²) in [6, 6.07) is 10.3. The average molecular weight is 378 g/mol. The van der Waals surface area contributed by atoms with Crippen molar-refractivity contribution in [2.75, 3.05) is 11.9 Å². The molecular weight excluding hydrogens is 362 g/mol. The summed E-state index contributed by atoms with van der Waals surface area (Å²) >= 11 is 7.32. The third kappa shape index (κ3) is 4.09. The quantitative estimate of drug-likeness (QED) is 0.717. The van der Waals surface area contributed by atoms with E-state index in [4.69, 9.17) is 11.6 Å². The fourth-order valence-corrected chi connectivity index (χ4v) is 3.11. The highest BCUT2D eigenvalue weighted by molar-refractivity contribution is 7.13. The topological polar surface area (TPSA) is 81.0 Å². The molecule has 0 aliphatic heterocycles. The van der Waals surface area contributed by atoms with Crippen molar-refractivity contribution in [2.45, 2.75) is 6.54 Å². The van der Waals surface area contributed by atoms with Gasteiger partial charge in [0.25, 0.3) is 0 Å². The molecule has 9 heteroatoms. The van der Waals surface area contributed by atoms with Crippen molar-refractivity contribution in [2.24, 2.45) is 7.05 Å². The first-order valence-electron chi connectivity index (χ1n) is 7.53. The smallest absolute Gasteiger partial charge is 0.336 e. The summed E-state index contributed by atoms with van der Waals surface area (Å²) in [5, 5.41) is 12.2. The monoisotopic (exact) mass is 377 g/mol. The lowest BCUT2D eigenvalue weighted by atomic mass is 10.3. The van der Waals surface area contributed by atoms with Gasteiger partial charge in [-0.25, -0.2) is 14.3 Å². The molecule has 0 aliphatic rings. The number of amides is 2. The summed E-state index contributed by atoms with van der Waals surface area (Å²) in [7, 11) is 1.68. The van der Waals surface area contributed by atoms with E-state index in [9.17, 15) is 9.59 Å². The lowest BCUT2D eigenvalue weighted by Gasteiger charge is -2.07. The number of nitrogens with zero attached hydrogens (tertiary/aromatic N) is 3. The molecule has 3 aromatic rings. The second-order valence-corrected chi connectivity index (χ2v) is 6.64. The number of benzene rings is 1. The van der Waals surface area contributed by atoms with Gasteiger partial charge in [0.05, 0.1) is 11.4 Å². The highest BCUT2D eigenvalue weighted by Crippen LogP contribution is 2.20. The van der Waals surface area contributed by atoms with Crippen LogP contribution in [0.3, 0.4) is 0 Å². The summed E-state index contributed by atoms with van der Waals surface area (Å²) < 4.78 is 2.84. The van der Waals surface area contributed by atoms with E-state index >= 15 is 0 Å². The minimum atomic E-state index is -0.357. The molecular formula is C16H16ClN5O2S. The van der Waals surface area contributed by atoms with E-state index in [-0.39, 0.29) is 24.8 Å². The van der Waals surface area contributed by atoms with E-state index < -0.39 is 0 Å². The van der Waals surface area contributed by atoms with Crippen LogP contribution in [-0.4, -0.2) is 26.9 Å². The van der Waals surface area contributed by atoms with Gasteiger partial charge in [-0.3, -0.25) is 4.57 Å². The number of aromatic nitrogens is 3. The van der Waals surface area contributed by atoms with E-state index in [0.717, 1.165) is 4.88 Å². The van der Waals surface area contributed by atoms with E-state index in [1.165, 1.54) is 20.6 Å². The molecule has 0 atom stereocenters. The standard InChI is InChI=1S/C16H16ClN5O2S/c1-21-14(13-3-2-10-25-13)20-22(16(21)24)9-8-18-15(23)19-12-6-4-11(17)5-7-12/h2-7,10H,8-9H2,1H3,(H2,18,19,23). The van der Waals surface area contributed by atoms with E-state index in [1.54, 1.807) is 31.3 Å². The lowest BCUT2D eigenvalue weighted by molar-refractivity contribution is 0.251. The second kappa shape index (κ2) is 7.54. The van der Waals surface area contributed by atoms with Crippen molar-refractivity contribution in [1.29, 1.82) is 0 Å². The van der Waals surface area contributed by atoms with Crippen LogP contribution in [0.2, 0.25) is 5.02 Å². The molecule has 2 amide bonds. The fourth-order valence-electron chi connectivity index (χ4n) is 2.24. The minimum Gasteiger partial charge on any atom is -0.336 e. The summed E-state index contributed by atoms with van der Waals surface area (Å²) in [5.41, 5.74) is 0.417. The zero-order chi connectivity index (χ0) is 17.8. The molecule has 3 rings (SSSR count). The Morgan fingerprint density at radius 1 is 1.28 bits per heavy atom. The maximum absolute atomic E-state index is 12.2. The number of hydrogen-bond acceptors (Lipinski definition) is 4. The Bertz CT molecular complexity index is 915. The van der Waals surface area contributed by atoms with Gasteiger partial charge < -0.3 is 10.6 Å². The number of rotatable bonds is 5. The molecule has 0 bridgehead atoms. The first-order valence-corrected chi connectivity index (χ1v) is 8.78. The van der Waals surface area contributed by atoms with Crippen molar-refractivity contribution in [1.82, 2.24) is 19.7 Å². The van der Waals surface area contributed by atoms with Gasteiger partial charge >= 0.3 is 11.7 Å². The Morgan fingerprint density at radius 2 is 2.04 bits per heavy atom. The van der Waals surface area contributed by atoms with Gasteiger partial charge in [0.15, 0.2) is 5.82 Å². The molecule has 0 spiro atoms. The van der Waals surface area contributed by atoms with Crippen molar-refractivity contribution in [3.05, 3.63) is 57.3 Å². The number of nitrogens with one attached hydrogen (secondary N) is 2. The molecule has 25 heavy (non-hydrogen) atoms. The number of carbonyl (C=O) groups is 1. The molecule has 1 aromatic carbocycles. The molecule has 0 saturated carbocycles. The van der Waals surface area contributed by atoms with E-state index in [1.807, 2.05) is 17.5 Å². The van der Waals surface area contributed by atoms with Crippen LogP contribution < -0.4 is 16.3 Å². The minimum absolute atomic E-state index is 0.219. The van der Waals surface area contributed by atoms with Gasteiger partial charge in [0.2, 0.25) is 0 Å². The average Bonchev–Trinajstić information content (AvgIpc) is 3.21. The SMILES string of the molecule is Cn1c(-c2cccs2)nn(CCNC(=O)Nc2ccc(Cl)cc2)c1=O. The van der Waals surface area contributed by atoms with Crippen LogP contribution in [0.25, 0.3) is 10.7 Å². The molecule has 2 heterocycles. The van der Waals surface area contributed by atoms with Crippen molar-refractivity contribution in [3.63, 3.8) is 0 Å². The highest BCUT2D eigenvalue weighted by atomic mass is 35.5. The maximum Gasteiger partial charge on any atom is 0.346 e. The first kappa shape index (κ1) is 17.2. The molecule has 0 radical (unpaired) electrons. The normalized spacial score (nSPS) is 10.6. The molecule has 0 aliphatic carbocycles. The van der Waals surface area contributed by atoms with Crippen LogP contribution in [0.1, 0.15) is 0 Å². The highest BCUT2D eigenvalue weighted by Gasteiger charge is 2.12. The Labute approximate surface area is 152 Å². The van der Waals surface area contributed by atoms with Gasteiger partial charge in [-0.15, -0.1) is 16.4 Å². The number of carbonyl (C=O) groups excluding carboxylic acids is 1. The van der Waals surface area contributed by atoms with Gasteiger partial charge in [-0.2, -0.15) is 0 Å². The Kier molecular flexibility index (Phi) is 5.20. The summed E-state index contributed by atoms with van der Waals surface area (Å²) in [6.07, 6.45) is 0. The van der Waals surface area contributed by atoms with Gasteiger partial charge in [-0.1, -0.05) is 17.7 Å². The van der Waals surface area contributed by atoms with E-state index in [0.29, 0.717) is 16.5 Å². The molecule has 0 saturated heterocycles. The van der Waals surface area contributed by atoms with Crippen LogP contribution in [-0.2, 0) is 13.6 Å². The third-order valence-corrected chi connectivity index (χ3v) is 4.61. The Morgan fingerprint density at radius 3 is 2.72 bits per heavy atom. The largest absolute Gasteiger partial charge is 0.346 e. The zero-order valence-corrected chi connectivity index (χ0v) is 15.0. The van der Waals surface area contributed by atoms with Crippen LogP contribution >= 0.6 is 22.9 Å². The summed E-state index contributed by atoms with van der Waals surface area (Å²) in [4.78, 5) is 25.0. The molecule has 2 aromatic heterocycles. The van der Waals surface area contributed by atoms with Crippen molar-refractivity contribution >= 4 is 34.7 Å². The molecule has 7 nitrogen and oxygen atoms in total. The molecule has 2 N–H and O–H groups in total. The summed E-state index contributed by atoms with van der Waals surface area (Å²) in [5.74, 6) is 0.616. The number of thiophene rings is 1. The van der Waals surface area contributed by atoms with Crippen LogP contribution in [0, 0.1) is 0 Å². The van der Waals surface area contributed by atoms with Crippen molar-refractivity contribution in [3.8, 4) is 10.7 Å². The number of anilines is 1. The van der Waals surface area contributed by atoms with Crippen LogP contribution in [0.4, 0.5) is 10.5 Å². The predicted molar refractivity (Wildman–Crippen MR) is 99.3 cm³/mol. The number of hydrogen-bond donors (Lipinski definition) is 2. The first-order chi connectivity index (χ1) is 12.0. The zero-order valence-electron chi connectivity index (χ0n) is 13.4. The second-order valence-electron chi connectivity index (χ2n) is 5.25. The van der Waals surface area contributed by atoms with Gasteiger partial charge in [0.1, 0.15) is 0 Å². The van der Waals surface area contributed by atoms with Crippen LogP contribution in [0.5, 0.6) is 0 Å². The van der Waals surface area contributed by atoms with Gasteiger partial charge in [0, 0.05) is 24.3 Å². The third-order valence-electron chi connectivity index (χ3n) is 3.49. The molecule has 0 unspecified atom stereocenters. The molecule has 0 fully saturated rings. The Balaban J connectivity index is 1.57. The lowest BCUT2D eigenvalue weighted by Crippen LogP contribution is -2.34. The number of urea groups is 1. The Hall–Kier alpha value is -2.58. The number of halogens is 1. The molecule has 130 valence electrons. The maximum atomic E-state index is 12.2. The fraction of sp³-hybridized carbons (Fsp3) is 0.188.